The van der Waals surface area contributed by atoms with Gasteiger partial charge in [0.1, 0.15) is 0 Å². The van der Waals surface area contributed by atoms with Gasteiger partial charge in [-0.15, -0.1) is 13.2 Å². The second-order valence-corrected chi connectivity index (χ2v) is 14.2. The fourth-order valence-electron chi connectivity index (χ4n) is 5.98. The Bertz CT molecular complexity index is 1330. The Hall–Kier alpha value is -3.64. The first kappa shape index (κ1) is 50.5. The summed E-state index contributed by atoms with van der Waals surface area (Å²) in [4.78, 5) is 0. The molecule has 0 saturated carbocycles. The van der Waals surface area contributed by atoms with E-state index in [9.17, 15) is 0 Å². The normalized spacial score (nSPS) is 13.7. The monoisotopic (exact) mass is 705 g/mol. The Kier molecular flexibility index (Phi) is 32.2. The molecule has 0 nitrogen and oxygen atoms in total. The van der Waals surface area contributed by atoms with Gasteiger partial charge in [0, 0.05) is 0 Å². The molecule has 1 unspecified atom stereocenters. The van der Waals surface area contributed by atoms with Crippen LogP contribution in [0, 0.1) is 25.7 Å². The van der Waals surface area contributed by atoms with Gasteiger partial charge >= 0.3 is 0 Å². The molecule has 2 aromatic carbocycles. The molecule has 1 atom stereocenters. The zero-order valence-corrected chi connectivity index (χ0v) is 36.1. The zero-order chi connectivity index (χ0) is 39.7. The molecule has 0 N–H and O–H groups in total. The molecule has 0 fully saturated rings. The average molecular weight is 705 g/mol. The second-order valence-electron chi connectivity index (χ2n) is 14.2. The lowest BCUT2D eigenvalue weighted by molar-refractivity contribution is 0.601. The Morgan fingerprint density at radius 1 is 0.769 bits per heavy atom. The number of rotatable bonds is 11. The van der Waals surface area contributed by atoms with Crippen LogP contribution in [-0.2, 0) is 0 Å². The van der Waals surface area contributed by atoms with Crippen LogP contribution in [0.4, 0.5) is 0 Å². The first-order valence-electron chi connectivity index (χ1n) is 20.2. The highest BCUT2D eigenvalue weighted by atomic mass is 14.3. The van der Waals surface area contributed by atoms with Crippen molar-refractivity contribution in [2.75, 3.05) is 0 Å². The molecule has 288 valence electrons. The van der Waals surface area contributed by atoms with Crippen molar-refractivity contribution < 1.29 is 0 Å². The molecule has 4 rings (SSSR count). The van der Waals surface area contributed by atoms with Crippen LogP contribution in [0.1, 0.15) is 145 Å². The summed E-state index contributed by atoms with van der Waals surface area (Å²) in [6, 6.07) is 20.5. The SMILES string of the molecule is C=C.C=C/C(C)=C\C(CC(C)C1=CCCC(C(C)C)=C1CCCCCC)=C(C)C.CC.CC1=CC=CCC1.Cc1ccccc1.Cc1ccccc1. The number of benzene rings is 2. The van der Waals surface area contributed by atoms with E-state index in [1.165, 1.54) is 91.2 Å². The Morgan fingerprint density at radius 3 is 1.69 bits per heavy atom. The van der Waals surface area contributed by atoms with Crippen molar-refractivity contribution in [3.63, 3.8) is 0 Å². The van der Waals surface area contributed by atoms with Gasteiger partial charge in [0.2, 0.25) is 0 Å². The number of hydrogen-bond donors (Lipinski definition) is 0. The lowest BCUT2D eigenvalue weighted by atomic mass is 9.76. The minimum atomic E-state index is 0.582. The van der Waals surface area contributed by atoms with Crippen LogP contribution >= 0.6 is 0 Å². The van der Waals surface area contributed by atoms with Crippen LogP contribution in [0.2, 0.25) is 0 Å². The van der Waals surface area contributed by atoms with Crippen LogP contribution in [0.5, 0.6) is 0 Å². The van der Waals surface area contributed by atoms with E-state index in [-0.39, 0.29) is 0 Å². The third-order valence-corrected chi connectivity index (χ3v) is 9.02. The topological polar surface area (TPSA) is 0 Å². The van der Waals surface area contributed by atoms with Crippen LogP contribution in [0.3, 0.4) is 0 Å². The molecule has 2 aromatic rings. The highest BCUT2D eigenvalue weighted by molar-refractivity contribution is 5.42. The van der Waals surface area contributed by atoms with Gasteiger partial charge in [0.15, 0.2) is 0 Å². The molecular formula is C52H80. The highest BCUT2D eigenvalue weighted by Gasteiger charge is 2.22. The highest BCUT2D eigenvalue weighted by Crippen LogP contribution is 2.39. The average Bonchev–Trinajstić information content (AvgIpc) is 3.16. The van der Waals surface area contributed by atoms with E-state index in [4.69, 9.17) is 0 Å². The smallest absolute Gasteiger partial charge is 0.0150 e. The third kappa shape index (κ3) is 24.5. The molecule has 0 bridgehead atoms. The van der Waals surface area contributed by atoms with Crippen molar-refractivity contribution in [1.29, 1.82) is 0 Å². The Labute approximate surface area is 325 Å². The van der Waals surface area contributed by atoms with E-state index < -0.39 is 0 Å². The minimum absolute atomic E-state index is 0.582. The van der Waals surface area contributed by atoms with E-state index >= 15 is 0 Å². The summed E-state index contributed by atoms with van der Waals surface area (Å²) in [6.45, 7) is 36.4. The fraction of sp³-hybridized carbons (Fsp3) is 0.462. The summed E-state index contributed by atoms with van der Waals surface area (Å²) < 4.78 is 0. The molecular weight excluding hydrogens is 625 g/mol. The van der Waals surface area contributed by atoms with E-state index in [1.54, 1.807) is 16.7 Å². The molecule has 0 aliphatic heterocycles. The van der Waals surface area contributed by atoms with Crippen LogP contribution in [-0.4, -0.2) is 0 Å². The molecule has 0 amide bonds. The molecule has 0 heterocycles. The quantitative estimate of drug-likeness (QED) is 0.124. The third-order valence-electron chi connectivity index (χ3n) is 9.02. The Balaban J connectivity index is 0. The first-order chi connectivity index (χ1) is 25.0. The van der Waals surface area contributed by atoms with Crippen molar-refractivity contribution in [3.05, 3.63) is 167 Å². The van der Waals surface area contributed by atoms with Gasteiger partial charge in [0.25, 0.3) is 0 Å². The molecule has 0 heteroatoms. The van der Waals surface area contributed by atoms with E-state index in [2.05, 4.69) is 144 Å². The number of allylic oxidation sites excluding steroid dienone is 13. The maximum atomic E-state index is 3.92. The lowest BCUT2D eigenvalue weighted by Crippen LogP contribution is -2.13. The first-order valence-corrected chi connectivity index (χ1v) is 20.2. The predicted octanol–water partition coefficient (Wildman–Crippen LogP) is 17.2. The Morgan fingerprint density at radius 2 is 1.33 bits per heavy atom. The van der Waals surface area contributed by atoms with Gasteiger partial charge in [-0.1, -0.05) is 198 Å². The minimum Gasteiger partial charge on any atom is -0.106 e. The van der Waals surface area contributed by atoms with Crippen molar-refractivity contribution in [1.82, 2.24) is 0 Å². The van der Waals surface area contributed by atoms with Gasteiger partial charge < -0.3 is 0 Å². The second kappa shape index (κ2) is 33.2. The van der Waals surface area contributed by atoms with E-state index in [0.29, 0.717) is 11.8 Å². The fourth-order valence-corrected chi connectivity index (χ4v) is 5.98. The summed E-state index contributed by atoms with van der Waals surface area (Å²) in [7, 11) is 0. The predicted molar refractivity (Wildman–Crippen MR) is 241 cm³/mol. The molecule has 0 saturated heterocycles. The van der Waals surface area contributed by atoms with Gasteiger partial charge in [-0.25, -0.2) is 0 Å². The number of hydrogen-bond acceptors (Lipinski definition) is 0. The van der Waals surface area contributed by atoms with Crippen molar-refractivity contribution in [3.8, 4) is 0 Å². The molecule has 2 aliphatic carbocycles. The van der Waals surface area contributed by atoms with Crippen molar-refractivity contribution in [2.45, 2.75) is 147 Å². The van der Waals surface area contributed by atoms with E-state index in [0.717, 1.165) is 6.42 Å². The van der Waals surface area contributed by atoms with Gasteiger partial charge in [-0.3, -0.25) is 0 Å². The van der Waals surface area contributed by atoms with Gasteiger partial charge in [-0.2, -0.15) is 0 Å². The van der Waals surface area contributed by atoms with Crippen LogP contribution in [0.25, 0.3) is 0 Å². The van der Waals surface area contributed by atoms with E-state index in [1.807, 2.05) is 56.3 Å². The number of aryl methyl sites for hydroxylation is 2. The van der Waals surface area contributed by atoms with Gasteiger partial charge in [-0.05, 0) is 115 Å². The maximum absolute atomic E-state index is 3.92. The summed E-state index contributed by atoms with van der Waals surface area (Å²) >= 11 is 0. The van der Waals surface area contributed by atoms with Crippen LogP contribution < -0.4 is 0 Å². The summed E-state index contributed by atoms with van der Waals surface area (Å²) in [5, 5.41) is 0. The molecule has 52 heavy (non-hydrogen) atoms. The zero-order valence-electron chi connectivity index (χ0n) is 36.1. The number of unbranched alkanes of at least 4 members (excludes halogenated alkanes) is 3. The summed E-state index contributed by atoms with van der Waals surface area (Å²) in [5.74, 6) is 1.26. The molecule has 0 radical (unpaired) electrons. The van der Waals surface area contributed by atoms with Gasteiger partial charge in [0.05, 0.1) is 0 Å². The van der Waals surface area contributed by atoms with Crippen LogP contribution in [0.15, 0.2) is 156 Å². The molecule has 0 spiro atoms. The van der Waals surface area contributed by atoms with Crippen molar-refractivity contribution in [2.24, 2.45) is 11.8 Å². The molecule has 0 aromatic heterocycles. The largest absolute Gasteiger partial charge is 0.106 e. The maximum Gasteiger partial charge on any atom is -0.0150 e. The lowest BCUT2D eigenvalue weighted by Gasteiger charge is -2.29. The molecule has 2 aliphatic rings. The standard InChI is InChI=1S/C27H44.C7H10.2C7H8.C2H6.C2H4/c1-9-11-12-13-15-27-25(21(5)6)16-14-17-26(27)23(8)19-24(20(3)4)18-22(7)10-2;3*1-7-5-3-2-4-6-7;2*1-2/h10,17-18,21,23H,2,9,11-16,19H2,1,3-8H3;2-3,5H,4,6H2,1H3;2*2-6H,1H3;1-2H3;1-2H2/b22-18-;;;;;. The summed E-state index contributed by atoms with van der Waals surface area (Å²) in [6.07, 6.45) is 26.1. The van der Waals surface area contributed by atoms with Crippen molar-refractivity contribution >= 4 is 0 Å². The summed E-state index contributed by atoms with van der Waals surface area (Å²) in [5.41, 5.74) is 13.4.